The highest BCUT2D eigenvalue weighted by atomic mass is 32.1. The molecule has 0 aliphatic rings. The van der Waals surface area contributed by atoms with Crippen molar-refractivity contribution in [1.82, 2.24) is 9.38 Å². The first kappa shape index (κ1) is 14.3. The summed E-state index contributed by atoms with van der Waals surface area (Å²) < 4.78 is 1.98. The van der Waals surface area contributed by atoms with Crippen molar-refractivity contribution < 1.29 is 4.79 Å². The molecule has 104 valence electrons. The van der Waals surface area contributed by atoms with Gasteiger partial charge < -0.3 is 0 Å². The molecule has 0 radical (unpaired) electrons. The minimum atomic E-state index is 0.288. The Morgan fingerprint density at radius 2 is 2.21 bits per heavy atom. The number of carbonyl (C=O) groups excluding carboxylic acids is 1. The summed E-state index contributed by atoms with van der Waals surface area (Å²) in [5, 5.41) is 2.00. The van der Waals surface area contributed by atoms with Crippen LogP contribution in [0.25, 0.3) is 4.96 Å². The van der Waals surface area contributed by atoms with E-state index in [4.69, 9.17) is 0 Å². The lowest BCUT2D eigenvalue weighted by atomic mass is 9.83. The van der Waals surface area contributed by atoms with E-state index in [0.717, 1.165) is 17.1 Å². The lowest BCUT2D eigenvalue weighted by Crippen LogP contribution is -2.15. The fourth-order valence-corrected chi connectivity index (χ4v) is 3.36. The van der Waals surface area contributed by atoms with E-state index >= 15 is 0 Å². The first-order valence-corrected chi connectivity index (χ1v) is 7.64. The SMILES string of the molecule is CC(CC(=O)Cc1cn2ccsc2n1)CC(C)(C)C. The van der Waals surface area contributed by atoms with Crippen molar-refractivity contribution in [3.05, 3.63) is 23.5 Å². The molecule has 0 aliphatic carbocycles. The first-order chi connectivity index (χ1) is 8.83. The van der Waals surface area contributed by atoms with Crippen LogP contribution >= 0.6 is 11.3 Å². The van der Waals surface area contributed by atoms with Crippen molar-refractivity contribution in [2.75, 3.05) is 0 Å². The number of aromatic nitrogens is 2. The van der Waals surface area contributed by atoms with Gasteiger partial charge in [0.15, 0.2) is 4.96 Å². The van der Waals surface area contributed by atoms with Crippen LogP contribution in [0.4, 0.5) is 0 Å². The van der Waals surface area contributed by atoms with Gasteiger partial charge in [0.05, 0.1) is 12.1 Å². The normalized spacial score (nSPS) is 13.9. The predicted octanol–water partition coefficient (Wildman–Crippen LogP) is 3.97. The number of nitrogens with zero attached hydrogens (tertiary/aromatic N) is 2. The Hall–Kier alpha value is -1.16. The molecule has 2 aromatic heterocycles. The fourth-order valence-electron chi connectivity index (χ4n) is 2.64. The van der Waals surface area contributed by atoms with E-state index < -0.39 is 0 Å². The average molecular weight is 278 g/mol. The molecule has 2 heterocycles. The van der Waals surface area contributed by atoms with Crippen LogP contribution < -0.4 is 0 Å². The monoisotopic (exact) mass is 278 g/mol. The Morgan fingerprint density at radius 3 is 2.84 bits per heavy atom. The highest BCUT2D eigenvalue weighted by molar-refractivity contribution is 7.15. The third-order valence-electron chi connectivity index (χ3n) is 3.06. The third kappa shape index (κ3) is 4.16. The molecule has 0 aliphatic heterocycles. The third-order valence-corrected chi connectivity index (χ3v) is 3.83. The van der Waals surface area contributed by atoms with E-state index in [-0.39, 0.29) is 5.41 Å². The maximum absolute atomic E-state index is 12.1. The topological polar surface area (TPSA) is 34.4 Å². The summed E-state index contributed by atoms with van der Waals surface area (Å²) in [7, 11) is 0. The molecule has 3 nitrogen and oxygen atoms in total. The van der Waals surface area contributed by atoms with Gasteiger partial charge in [-0.15, -0.1) is 11.3 Å². The van der Waals surface area contributed by atoms with E-state index in [1.165, 1.54) is 0 Å². The molecular formula is C15H22N2OS. The van der Waals surface area contributed by atoms with E-state index in [0.29, 0.717) is 24.5 Å². The molecule has 0 spiro atoms. The number of hydrogen-bond acceptors (Lipinski definition) is 3. The van der Waals surface area contributed by atoms with E-state index in [9.17, 15) is 4.79 Å². The molecule has 1 atom stereocenters. The molecule has 0 saturated carbocycles. The quantitative estimate of drug-likeness (QED) is 0.829. The Balaban J connectivity index is 1.89. The van der Waals surface area contributed by atoms with Crippen LogP contribution in [-0.2, 0) is 11.2 Å². The molecule has 4 heteroatoms. The fraction of sp³-hybridized carbons (Fsp3) is 0.600. The minimum absolute atomic E-state index is 0.288. The number of thiazole rings is 1. The highest BCUT2D eigenvalue weighted by Crippen LogP contribution is 2.26. The molecule has 0 fully saturated rings. The Morgan fingerprint density at radius 1 is 1.47 bits per heavy atom. The average Bonchev–Trinajstić information content (AvgIpc) is 2.73. The number of imidazole rings is 1. The minimum Gasteiger partial charge on any atom is -0.299 e. The lowest BCUT2D eigenvalue weighted by Gasteiger charge is -2.22. The first-order valence-electron chi connectivity index (χ1n) is 6.76. The largest absolute Gasteiger partial charge is 0.299 e. The number of hydrogen-bond donors (Lipinski definition) is 0. The summed E-state index contributed by atoms with van der Waals surface area (Å²) in [5.41, 5.74) is 1.18. The van der Waals surface area contributed by atoms with E-state index in [1.54, 1.807) is 11.3 Å². The molecule has 0 aromatic carbocycles. The second-order valence-corrected chi connectivity index (χ2v) is 7.49. The molecule has 0 bridgehead atoms. The van der Waals surface area contributed by atoms with Gasteiger partial charge in [-0.25, -0.2) is 4.98 Å². The summed E-state index contributed by atoms with van der Waals surface area (Å²) in [6.07, 6.45) is 6.13. The van der Waals surface area contributed by atoms with E-state index in [2.05, 4.69) is 32.7 Å². The van der Waals surface area contributed by atoms with Gasteiger partial charge in [-0.3, -0.25) is 9.20 Å². The van der Waals surface area contributed by atoms with Crippen molar-refractivity contribution in [3.8, 4) is 0 Å². The summed E-state index contributed by atoms with van der Waals surface area (Å²) in [6.45, 7) is 8.82. The van der Waals surface area contributed by atoms with Crippen LogP contribution in [0, 0.1) is 11.3 Å². The molecule has 0 amide bonds. The second kappa shape index (κ2) is 5.45. The maximum Gasteiger partial charge on any atom is 0.193 e. The standard InChI is InChI=1S/C15H22N2OS/c1-11(9-15(2,3)4)7-13(18)8-12-10-17-5-6-19-14(17)16-12/h5-6,10-11H,7-9H2,1-4H3. The van der Waals surface area contributed by atoms with Gasteiger partial charge in [-0.2, -0.15) is 0 Å². The maximum atomic E-state index is 12.1. The number of fused-ring (bicyclic) bond motifs is 1. The zero-order chi connectivity index (χ0) is 14.0. The van der Waals surface area contributed by atoms with Gasteiger partial charge in [0.25, 0.3) is 0 Å². The van der Waals surface area contributed by atoms with Gasteiger partial charge in [0.2, 0.25) is 0 Å². The zero-order valence-electron chi connectivity index (χ0n) is 12.1. The molecular weight excluding hydrogens is 256 g/mol. The Bertz CT molecular complexity index is 533. The zero-order valence-corrected chi connectivity index (χ0v) is 13.0. The molecule has 1 unspecified atom stereocenters. The number of rotatable bonds is 5. The van der Waals surface area contributed by atoms with Crippen molar-refractivity contribution in [2.45, 2.75) is 47.0 Å². The van der Waals surface area contributed by atoms with Gasteiger partial charge in [-0.1, -0.05) is 27.7 Å². The second-order valence-electron chi connectivity index (χ2n) is 6.61. The van der Waals surface area contributed by atoms with Crippen LogP contribution in [0.1, 0.15) is 46.2 Å². The number of carbonyl (C=O) groups is 1. The van der Waals surface area contributed by atoms with Crippen molar-refractivity contribution in [2.24, 2.45) is 11.3 Å². The number of Topliss-reactive ketones (excluding diaryl/α,β-unsaturated/α-hetero) is 1. The van der Waals surface area contributed by atoms with Gasteiger partial charge in [0.1, 0.15) is 5.78 Å². The Labute approximate surface area is 118 Å². The van der Waals surface area contributed by atoms with Gasteiger partial charge in [-0.05, 0) is 17.8 Å². The van der Waals surface area contributed by atoms with Crippen molar-refractivity contribution in [1.29, 1.82) is 0 Å². The van der Waals surface area contributed by atoms with Crippen LogP contribution in [-0.4, -0.2) is 15.2 Å². The van der Waals surface area contributed by atoms with Crippen molar-refractivity contribution in [3.63, 3.8) is 0 Å². The summed E-state index contributed by atoms with van der Waals surface area (Å²) in [4.78, 5) is 17.5. The van der Waals surface area contributed by atoms with Crippen LogP contribution in [0.3, 0.4) is 0 Å². The van der Waals surface area contributed by atoms with Crippen molar-refractivity contribution >= 4 is 22.1 Å². The summed E-state index contributed by atoms with van der Waals surface area (Å²) in [5.74, 6) is 0.735. The van der Waals surface area contributed by atoms with Crippen LogP contribution in [0.15, 0.2) is 17.8 Å². The van der Waals surface area contributed by atoms with Gasteiger partial charge in [0, 0.05) is 24.2 Å². The van der Waals surface area contributed by atoms with E-state index in [1.807, 2.05) is 22.2 Å². The van der Waals surface area contributed by atoms with Gasteiger partial charge >= 0.3 is 0 Å². The molecule has 19 heavy (non-hydrogen) atoms. The number of ketones is 1. The van der Waals surface area contributed by atoms with Crippen LogP contribution in [0.5, 0.6) is 0 Å². The van der Waals surface area contributed by atoms with Crippen LogP contribution in [0.2, 0.25) is 0 Å². The molecule has 0 N–H and O–H groups in total. The summed E-state index contributed by atoms with van der Waals surface area (Å²) >= 11 is 1.60. The summed E-state index contributed by atoms with van der Waals surface area (Å²) in [6, 6.07) is 0. The lowest BCUT2D eigenvalue weighted by molar-refractivity contribution is -0.119. The molecule has 0 saturated heterocycles. The predicted molar refractivity (Wildman–Crippen MR) is 79.6 cm³/mol. The Kier molecular flexibility index (Phi) is 4.09. The molecule has 2 rings (SSSR count). The molecule has 2 aromatic rings. The smallest absolute Gasteiger partial charge is 0.193 e. The highest BCUT2D eigenvalue weighted by Gasteiger charge is 2.18.